The highest BCUT2D eigenvalue weighted by atomic mass is 127. The van der Waals surface area contributed by atoms with Gasteiger partial charge in [-0.1, -0.05) is 26.7 Å². The van der Waals surface area contributed by atoms with Gasteiger partial charge in [0.15, 0.2) is 0 Å². The summed E-state index contributed by atoms with van der Waals surface area (Å²) >= 11 is 2.57. The third-order valence-electron chi connectivity index (χ3n) is 4.25. The lowest BCUT2D eigenvalue weighted by Gasteiger charge is -2.44. The minimum atomic E-state index is 0.729. The number of hydrogen-bond acceptors (Lipinski definition) is 1. The Kier molecular flexibility index (Phi) is 3.42. The van der Waals surface area contributed by atoms with Gasteiger partial charge in [-0.2, -0.15) is 0 Å². The molecule has 0 amide bonds. The maximum Gasteiger partial charge on any atom is 0.0217 e. The second-order valence-electron chi connectivity index (χ2n) is 5.61. The lowest BCUT2D eigenvalue weighted by Crippen LogP contribution is -2.44. The molecule has 0 radical (unpaired) electrons. The third kappa shape index (κ3) is 2.11. The van der Waals surface area contributed by atoms with Gasteiger partial charge in [0.1, 0.15) is 0 Å². The fraction of sp³-hybridized carbons (Fsp3) is 1.00. The molecule has 2 aliphatic rings. The zero-order valence-electron chi connectivity index (χ0n) is 9.43. The monoisotopic (exact) mass is 307 g/mol. The van der Waals surface area contributed by atoms with Crippen molar-refractivity contribution in [2.75, 3.05) is 6.54 Å². The van der Waals surface area contributed by atoms with E-state index in [0.717, 1.165) is 17.4 Å². The molecule has 0 aromatic rings. The lowest BCUT2D eigenvalue weighted by molar-refractivity contribution is 0.108. The van der Waals surface area contributed by atoms with Crippen molar-refractivity contribution in [2.24, 2.45) is 11.3 Å². The molecule has 2 heteroatoms. The van der Waals surface area contributed by atoms with Crippen molar-refractivity contribution in [2.45, 2.75) is 58.4 Å². The molecule has 2 rings (SSSR count). The van der Waals surface area contributed by atoms with Crippen LogP contribution in [0.1, 0.15) is 52.4 Å². The van der Waals surface area contributed by atoms with Crippen LogP contribution in [0, 0.1) is 11.3 Å². The topological polar surface area (TPSA) is 3.24 Å². The first kappa shape index (κ1) is 11.2. The molecule has 0 aromatic carbocycles. The van der Waals surface area contributed by atoms with Crippen molar-refractivity contribution in [3.8, 4) is 0 Å². The van der Waals surface area contributed by atoms with Crippen molar-refractivity contribution in [1.29, 1.82) is 0 Å². The van der Waals surface area contributed by atoms with Crippen molar-refractivity contribution >= 4 is 22.9 Å². The van der Waals surface area contributed by atoms with E-state index in [1.54, 1.807) is 0 Å². The molecule has 1 heterocycles. The van der Waals surface area contributed by atoms with Crippen molar-refractivity contribution in [1.82, 2.24) is 3.11 Å². The van der Waals surface area contributed by atoms with Gasteiger partial charge < -0.3 is 0 Å². The average Bonchev–Trinajstić information content (AvgIpc) is 2.52. The van der Waals surface area contributed by atoms with E-state index in [2.05, 4.69) is 39.8 Å². The molecule has 1 aliphatic carbocycles. The predicted octanol–water partition coefficient (Wildman–Crippen LogP) is 4.02. The Morgan fingerprint density at radius 2 is 1.86 bits per heavy atom. The summed E-state index contributed by atoms with van der Waals surface area (Å²) in [6.45, 7) is 6.09. The summed E-state index contributed by atoms with van der Waals surface area (Å²) in [5.74, 6) is 0.825. The Morgan fingerprint density at radius 1 is 1.21 bits per heavy atom. The highest BCUT2D eigenvalue weighted by molar-refractivity contribution is 14.1. The van der Waals surface area contributed by atoms with Gasteiger partial charge in [-0.15, -0.1) is 0 Å². The molecule has 0 N–H and O–H groups in total. The van der Waals surface area contributed by atoms with Crippen LogP contribution in [0.15, 0.2) is 0 Å². The van der Waals surface area contributed by atoms with Gasteiger partial charge in [-0.25, -0.2) is 3.11 Å². The van der Waals surface area contributed by atoms with E-state index in [0.29, 0.717) is 0 Å². The molecule has 1 aliphatic heterocycles. The normalized spacial score (nSPS) is 33.0. The molecule has 0 aromatic heterocycles. The molecular weight excluding hydrogens is 285 g/mol. The zero-order chi connectivity index (χ0) is 10.2. The van der Waals surface area contributed by atoms with Gasteiger partial charge in [0, 0.05) is 35.5 Å². The van der Waals surface area contributed by atoms with Gasteiger partial charge >= 0.3 is 0 Å². The SMILES string of the molecule is CC(C)C1CCC2(CCCC2)CN1I. The van der Waals surface area contributed by atoms with Gasteiger partial charge in [0.25, 0.3) is 0 Å². The van der Waals surface area contributed by atoms with Crippen LogP contribution in [0.2, 0.25) is 0 Å². The van der Waals surface area contributed by atoms with Crippen molar-refractivity contribution in [3.63, 3.8) is 0 Å². The maximum absolute atomic E-state index is 2.61. The number of hydrogen-bond donors (Lipinski definition) is 0. The summed E-state index contributed by atoms with van der Waals surface area (Å²) in [5.41, 5.74) is 0.729. The van der Waals surface area contributed by atoms with Crippen LogP contribution in [0.3, 0.4) is 0 Å². The zero-order valence-corrected chi connectivity index (χ0v) is 11.6. The first-order chi connectivity index (χ1) is 6.63. The molecule has 1 saturated heterocycles. The maximum atomic E-state index is 2.61. The van der Waals surface area contributed by atoms with E-state index in [1.165, 1.54) is 45.1 Å². The molecular formula is C12H22IN. The Labute approximate surface area is 102 Å². The summed E-state index contributed by atoms with van der Waals surface area (Å²) in [6.07, 6.45) is 8.89. The van der Waals surface area contributed by atoms with Crippen LogP contribution < -0.4 is 0 Å². The van der Waals surface area contributed by atoms with E-state index < -0.39 is 0 Å². The third-order valence-corrected chi connectivity index (χ3v) is 5.31. The van der Waals surface area contributed by atoms with Crippen LogP contribution in [-0.2, 0) is 0 Å². The summed E-state index contributed by atoms with van der Waals surface area (Å²) in [5, 5.41) is 0. The van der Waals surface area contributed by atoms with E-state index in [-0.39, 0.29) is 0 Å². The van der Waals surface area contributed by atoms with E-state index in [9.17, 15) is 0 Å². The molecule has 1 unspecified atom stereocenters. The van der Waals surface area contributed by atoms with Gasteiger partial charge in [-0.3, -0.25) is 0 Å². The molecule has 1 saturated carbocycles. The largest absolute Gasteiger partial charge is 0.244 e. The Hall–Kier alpha value is 0.690. The lowest BCUT2D eigenvalue weighted by atomic mass is 9.76. The van der Waals surface area contributed by atoms with Crippen LogP contribution in [-0.4, -0.2) is 15.7 Å². The van der Waals surface area contributed by atoms with Crippen LogP contribution in [0.4, 0.5) is 0 Å². The number of rotatable bonds is 1. The summed E-state index contributed by atoms with van der Waals surface area (Å²) in [4.78, 5) is 0. The molecule has 1 spiro atoms. The number of piperidine rings is 1. The molecule has 82 valence electrons. The summed E-state index contributed by atoms with van der Waals surface area (Å²) in [7, 11) is 0. The predicted molar refractivity (Wildman–Crippen MR) is 69.5 cm³/mol. The molecule has 14 heavy (non-hydrogen) atoms. The second kappa shape index (κ2) is 4.28. The first-order valence-corrected chi connectivity index (χ1v) is 7.02. The average molecular weight is 307 g/mol. The van der Waals surface area contributed by atoms with E-state index in [1.807, 2.05) is 0 Å². The van der Waals surface area contributed by atoms with E-state index in [4.69, 9.17) is 0 Å². The summed E-state index contributed by atoms with van der Waals surface area (Å²) < 4.78 is 2.61. The molecule has 0 bridgehead atoms. The smallest absolute Gasteiger partial charge is 0.0217 e. The van der Waals surface area contributed by atoms with Gasteiger partial charge in [0.2, 0.25) is 0 Å². The van der Waals surface area contributed by atoms with Crippen LogP contribution >= 0.6 is 22.9 Å². The van der Waals surface area contributed by atoms with E-state index >= 15 is 0 Å². The minimum Gasteiger partial charge on any atom is -0.244 e. The minimum absolute atomic E-state index is 0.729. The molecule has 1 nitrogen and oxygen atoms in total. The van der Waals surface area contributed by atoms with Gasteiger partial charge in [0.05, 0.1) is 0 Å². The highest BCUT2D eigenvalue weighted by Gasteiger charge is 2.41. The Balaban J connectivity index is 1.98. The Bertz CT molecular complexity index is 196. The highest BCUT2D eigenvalue weighted by Crippen LogP contribution is 2.47. The fourth-order valence-electron chi connectivity index (χ4n) is 3.30. The number of halogens is 1. The van der Waals surface area contributed by atoms with Crippen LogP contribution in [0.5, 0.6) is 0 Å². The fourth-order valence-corrected chi connectivity index (χ4v) is 4.95. The van der Waals surface area contributed by atoms with Crippen LogP contribution in [0.25, 0.3) is 0 Å². The van der Waals surface area contributed by atoms with Crippen molar-refractivity contribution in [3.05, 3.63) is 0 Å². The summed E-state index contributed by atoms with van der Waals surface area (Å²) in [6, 6.07) is 0.835. The first-order valence-electron chi connectivity index (χ1n) is 6.05. The number of nitrogens with zero attached hydrogens (tertiary/aromatic N) is 1. The molecule has 2 fully saturated rings. The standard InChI is InChI=1S/C12H22IN/c1-10(2)11-5-8-12(9-14(11)13)6-3-4-7-12/h10-11H,3-9H2,1-2H3. The van der Waals surface area contributed by atoms with Gasteiger partial charge in [-0.05, 0) is 37.0 Å². The molecule has 1 atom stereocenters. The van der Waals surface area contributed by atoms with Crippen molar-refractivity contribution < 1.29 is 0 Å². The quantitative estimate of drug-likeness (QED) is 0.522. The Morgan fingerprint density at radius 3 is 2.36 bits per heavy atom. The second-order valence-corrected chi connectivity index (χ2v) is 6.85.